The number of likely N-dealkylation sites (N-methyl/N-ethyl adjacent to an activating group) is 1. The number of likely N-dealkylation sites (tertiary alicyclic amines) is 2. The van der Waals surface area contributed by atoms with Crippen LogP contribution in [0.4, 0.5) is 5.69 Å². The predicted molar refractivity (Wildman–Crippen MR) is 199 cm³/mol. The van der Waals surface area contributed by atoms with E-state index in [-0.39, 0.29) is 38.8 Å². The average Bonchev–Trinajstić information content (AvgIpc) is 3.10. The number of piperidine rings is 2. The Morgan fingerprint density at radius 2 is 1.42 bits per heavy atom. The summed E-state index contributed by atoms with van der Waals surface area (Å²) in [6, 6.07) is 27.7. The minimum atomic E-state index is 0. The standard InChI is InChI=1S/C42H54N5O2.Y/c1-45(29-30-46-27-23-38(24-28-46)48-49-44-40-16-6-5-15-39(40)33-9-3-2-4-10-33)42(36-13-8-14-36)37-19-17-32(18-20-37)31-47-25-21-35(22-26-47)41(43)34-11-7-12-34;/h2-6,9-10,15-20,35,38H,7-8,11-14,21-31,43H2,1H3;/q-1;. The van der Waals surface area contributed by atoms with Gasteiger partial charge in [0.1, 0.15) is 0 Å². The Labute approximate surface area is 325 Å². The van der Waals surface area contributed by atoms with Gasteiger partial charge in [0.25, 0.3) is 0 Å². The molecule has 4 aliphatic rings. The molecule has 3 aromatic rings. The first-order valence-corrected chi connectivity index (χ1v) is 18.7. The van der Waals surface area contributed by atoms with Crippen molar-refractivity contribution in [1.29, 1.82) is 0 Å². The minimum Gasteiger partial charge on any atom is -0.529 e. The van der Waals surface area contributed by atoms with Gasteiger partial charge in [-0.05, 0) is 105 Å². The fourth-order valence-electron chi connectivity index (χ4n) is 7.81. The summed E-state index contributed by atoms with van der Waals surface area (Å²) < 4.78 is 0. The molecule has 263 valence electrons. The van der Waals surface area contributed by atoms with Crippen molar-refractivity contribution in [3.63, 3.8) is 0 Å². The predicted octanol–water partition coefficient (Wildman–Crippen LogP) is 8.82. The van der Waals surface area contributed by atoms with Gasteiger partial charge in [-0.25, -0.2) is 4.89 Å². The zero-order chi connectivity index (χ0) is 33.4. The maximum atomic E-state index is 6.52. The maximum Gasteiger partial charge on any atom is 0.0940 e. The third kappa shape index (κ3) is 9.47. The van der Waals surface area contributed by atoms with Crippen molar-refractivity contribution in [2.24, 2.45) is 11.7 Å². The molecule has 0 unspecified atom stereocenters. The molecule has 3 aromatic carbocycles. The van der Waals surface area contributed by atoms with E-state index in [0.29, 0.717) is 5.92 Å². The van der Waals surface area contributed by atoms with Crippen molar-refractivity contribution in [1.82, 2.24) is 14.7 Å². The topological polar surface area (TPSA) is 68.3 Å². The summed E-state index contributed by atoms with van der Waals surface area (Å²) in [5, 5.41) is 0. The Bertz CT molecular complexity index is 1570. The molecule has 1 radical (unpaired) electrons. The summed E-state index contributed by atoms with van der Waals surface area (Å²) in [5.74, 6) is 0.602. The largest absolute Gasteiger partial charge is 0.529 e. The van der Waals surface area contributed by atoms with Gasteiger partial charge >= 0.3 is 0 Å². The number of hydrogen-bond donors (Lipinski definition) is 1. The molecular weight excluding hydrogens is 695 g/mol. The number of hydrogen-bond acceptors (Lipinski definition) is 6. The second kappa shape index (κ2) is 18.3. The molecule has 0 amide bonds. The van der Waals surface area contributed by atoms with Crippen molar-refractivity contribution in [3.8, 4) is 11.1 Å². The fraction of sp³-hybridized carbons (Fsp3) is 0.476. The van der Waals surface area contributed by atoms with E-state index >= 15 is 0 Å². The second-order valence-electron chi connectivity index (χ2n) is 14.6. The molecule has 2 aliphatic carbocycles. The molecule has 7 nitrogen and oxygen atoms in total. The van der Waals surface area contributed by atoms with Crippen LogP contribution in [0.15, 0.2) is 95.7 Å². The van der Waals surface area contributed by atoms with E-state index < -0.39 is 0 Å². The van der Waals surface area contributed by atoms with Crippen LogP contribution in [0, 0.1) is 5.92 Å². The number of benzene rings is 3. The van der Waals surface area contributed by atoms with E-state index in [9.17, 15) is 0 Å². The number of rotatable bonds is 13. The van der Waals surface area contributed by atoms with E-state index in [0.717, 1.165) is 75.5 Å². The summed E-state index contributed by atoms with van der Waals surface area (Å²) in [6.45, 7) is 7.40. The third-order valence-corrected chi connectivity index (χ3v) is 11.3. The minimum absolute atomic E-state index is 0. The van der Waals surface area contributed by atoms with Gasteiger partial charge in [-0.3, -0.25) is 4.90 Å². The van der Waals surface area contributed by atoms with Gasteiger partial charge in [-0.1, -0.05) is 84.4 Å². The molecule has 2 aliphatic heterocycles. The van der Waals surface area contributed by atoms with Gasteiger partial charge in [-0.15, -0.1) is 5.69 Å². The maximum absolute atomic E-state index is 6.52. The number of allylic oxidation sites excluding steroid dienone is 3. The van der Waals surface area contributed by atoms with Gasteiger partial charge in [0.05, 0.1) is 6.10 Å². The van der Waals surface area contributed by atoms with Crippen LogP contribution in [0.5, 0.6) is 0 Å². The van der Waals surface area contributed by atoms with Gasteiger partial charge < -0.3 is 26.0 Å². The molecule has 2 saturated heterocycles. The summed E-state index contributed by atoms with van der Waals surface area (Å²) in [6.07, 6.45) is 11.9. The van der Waals surface area contributed by atoms with Gasteiger partial charge in [0, 0.05) is 89.8 Å². The monoisotopic (exact) mass is 749 g/mol. The average molecular weight is 750 g/mol. The molecule has 2 N–H and O–H groups in total. The molecule has 8 heteroatoms. The Kier molecular flexibility index (Phi) is 13.6. The Balaban J connectivity index is 0.00000432. The van der Waals surface area contributed by atoms with Crippen LogP contribution in [-0.4, -0.2) is 67.1 Å². The molecule has 7 rings (SSSR count). The fourth-order valence-corrected chi connectivity index (χ4v) is 7.81. The summed E-state index contributed by atoms with van der Waals surface area (Å²) in [4.78, 5) is 18.9. The normalized spacial score (nSPS) is 18.9. The van der Waals surface area contributed by atoms with Gasteiger partial charge in [0.15, 0.2) is 0 Å². The first-order valence-electron chi connectivity index (χ1n) is 18.7. The smallest absolute Gasteiger partial charge is 0.0940 e. The SMILES string of the molecule is CN(CCN1CCC(OO[N-]c2ccccc2-c2ccccc2)CC1)C(=C1CCC1)c1ccc(CN2CCC(C(N)=C3CCC3)CC2)cc1.[Y]. The molecular formula is C42H54N5O2Y-. The number of nitrogens with two attached hydrogens (primary N) is 1. The van der Waals surface area contributed by atoms with Gasteiger partial charge in [0.2, 0.25) is 0 Å². The van der Waals surface area contributed by atoms with Crippen LogP contribution in [0.25, 0.3) is 22.3 Å². The summed E-state index contributed by atoms with van der Waals surface area (Å²) in [7, 11) is 2.28. The molecule has 4 fully saturated rings. The zero-order valence-electron chi connectivity index (χ0n) is 29.9. The Morgan fingerprint density at radius 1 is 0.780 bits per heavy atom. The van der Waals surface area contributed by atoms with Crippen LogP contribution in [-0.2, 0) is 49.1 Å². The molecule has 2 saturated carbocycles. The van der Waals surface area contributed by atoms with E-state index in [1.54, 1.807) is 11.1 Å². The number of nitrogens with zero attached hydrogens (tertiary/aromatic N) is 4. The van der Waals surface area contributed by atoms with Crippen molar-refractivity contribution in [3.05, 3.63) is 112 Å². The van der Waals surface area contributed by atoms with Crippen LogP contribution in [0.1, 0.15) is 75.3 Å². The molecule has 0 aromatic heterocycles. The Morgan fingerprint density at radius 3 is 2.08 bits per heavy atom. The summed E-state index contributed by atoms with van der Waals surface area (Å²) in [5.41, 5.74) is 22.4. The first kappa shape index (κ1) is 37.2. The van der Waals surface area contributed by atoms with Crippen LogP contribution >= 0.6 is 0 Å². The summed E-state index contributed by atoms with van der Waals surface area (Å²) >= 11 is 0. The third-order valence-electron chi connectivity index (χ3n) is 11.3. The van der Waals surface area contributed by atoms with Crippen molar-refractivity contribution in [2.75, 3.05) is 46.3 Å². The van der Waals surface area contributed by atoms with Crippen molar-refractivity contribution >= 4 is 11.4 Å². The molecule has 50 heavy (non-hydrogen) atoms. The van der Waals surface area contributed by atoms with Crippen LogP contribution in [0.3, 0.4) is 0 Å². The van der Waals surface area contributed by atoms with E-state index in [2.05, 4.69) is 69.7 Å². The van der Waals surface area contributed by atoms with E-state index in [1.165, 1.54) is 73.9 Å². The first-order chi connectivity index (χ1) is 24.1. The van der Waals surface area contributed by atoms with Gasteiger partial charge in [-0.2, -0.15) is 0 Å². The molecule has 0 atom stereocenters. The second-order valence-corrected chi connectivity index (χ2v) is 14.6. The molecule has 0 spiro atoms. The van der Waals surface area contributed by atoms with E-state index in [1.807, 2.05) is 36.4 Å². The van der Waals surface area contributed by atoms with Crippen molar-refractivity contribution < 1.29 is 42.6 Å². The van der Waals surface area contributed by atoms with Crippen LogP contribution < -0.4 is 5.73 Å². The molecule has 0 bridgehead atoms. The Hall–Kier alpha value is -2.52. The van der Waals surface area contributed by atoms with Crippen molar-refractivity contribution in [2.45, 2.75) is 76.9 Å². The molecule has 2 heterocycles. The van der Waals surface area contributed by atoms with Crippen LogP contribution in [0.2, 0.25) is 0 Å². The van der Waals surface area contributed by atoms with E-state index in [4.69, 9.17) is 15.6 Å². The quantitative estimate of drug-likeness (QED) is 0.139. The zero-order valence-corrected chi connectivity index (χ0v) is 32.8.